The molecule has 5 aromatic rings. The van der Waals surface area contributed by atoms with Crippen LogP contribution < -0.4 is 4.57 Å². The van der Waals surface area contributed by atoms with Crippen LogP contribution in [0.25, 0.3) is 44.3 Å². The molecular weight excluding hydrogens is 749 g/mol. The van der Waals surface area contributed by atoms with Gasteiger partial charge in [-0.05, 0) is 60.9 Å². The van der Waals surface area contributed by atoms with E-state index in [0.29, 0.717) is 0 Å². The van der Waals surface area contributed by atoms with E-state index in [9.17, 15) is 9.90 Å². The van der Waals surface area contributed by atoms with E-state index in [2.05, 4.69) is 75.3 Å². The molecule has 2 aromatic carbocycles. The van der Waals surface area contributed by atoms with Crippen molar-refractivity contribution in [1.29, 1.82) is 0 Å². The summed E-state index contributed by atoms with van der Waals surface area (Å²) in [5.41, 5.74) is 6.08. The van der Waals surface area contributed by atoms with Crippen LogP contribution in [0.4, 0.5) is 0 Å². The van der Waals surface area contributed by atoms with Crippen LogP contribution in [0, 0.1) is 24.9 Å². The summed E-state index contributed by atoms with van der Waals surface area (Å²) in [6.07, 6.45) is 10.4. The first-order valence-corrected chi connectivity index (χ1v) is 16.1. The van der Waals surface area contributed by atoms with Gasteiger partial charge in [-0.3, -0.25) is 9.78 Å². The van der Waals surface area contributed by atoms with Crippen LogP contribution in [0.3, 0.4) is 0 Å². The fourth-order valence-corrected chi connectivity index (χ4v) is 5.80. The SMILES string of the molecule is CCC(CC)C(=O)/C=C(\O)C(CC)CC.[CH2-][n+]1ccc(-c2nccc3occc23)cc1-c1[c-]c2ccccc2c(C(C)(C)C)c1.[Ir]. The van der Waals surface area contributed by atoms with Gasteiger partial charge >= 0.3 is 0 Å². The van der Waals surface area contributed by atoms with E-state index in [-0.39, 0.29) is 48.9 Å². The van der Waals surface area contributed by atoms with Crippen molar-refractivity contribution in [3.05, 3.63) is 104 Å². The predicted molar refractivity (Wildman–Crippen MR) is 185 cm³/mol. The van der Waals surface area contributed by atoms with Crippen molar-refractivity contribution in [2.45, 2.75) is 79.6 Å². The van der Waals surface area contributed by atoms with Crippen molar-refractivity contribution in [3.8, 4) is 22.5 Å². The zero-order chi connectivity index (χ0) is 32.7. The second kappa shape index (κ2) is 16.2. The van der Waals surface area contributed by atoms with Gasteiger partial charge in [0.25, 0.3) is 0 Å². The molecule has 1 radical (unpaired) electrons. The Labute approximate surface area is 288 Å². The Morgan fingerprint density at radius 3 is 2.30 bits per heavy atom. The van der Waals surface area contributed by atoms with Crippen molar-refractivity contribution in [2.24, 2.45) is 11.8 Å². The maximum atomic E-state index is 11.7. The van der Waals surface area contributed by atoms with Crippen molar-refractivity contribution >= 4 is 27.5 Å². The number of hydrogen-bond acceptors (Lipinski definition) is 4. The fourth-order valence-electron chi connectivity index (χ4n) is 5.80. The molecule has 3 aromatic heterocycles. The first kappa shape index (κ1) is 36.7. The molecule has 5 nitrogen and oxygen atoms in total. The van der Waals surface area contributed by atoms with Gasteiger partial charge in [-0.25, -0.2) is 0 Å². The Hall–Kier alpha value is -3.73. The minimum Gasteiger partial charge on any atom is -0.512 e. The largest absolute Gasteiger partial charge is 0.512 e. The van der Waals surface area contributed by atoms with E-state index < -0.39 is 0 Å². The third kappa shape index (κ3) is 8.34. The number of hydrogen-bond donors (Lipinski definition) is 1. The number of aliphatic hydroxyl groups excluding tert-OH is 1. The second-order valence-electron chi connectivity index (χ2n) is 12.7. The molecule has 0 spiro atoms. The topological polar surface area (TPSA) is 67.2 Å². The third-order valence-electron chi connectivity index (χ3n) is 8.63. The quantitative estimate of drug-likeness (QED) is 0.0699. The molecule has 0 aliphatic heterocycles. The number of nitrogens with zero attached hydrogens (tertiary/aromatic N) is 2. The summed E-state index contributed by atoms with van der Waals surface area (Å²) < 4.78 is 7.45. The Balaban J connectivity index is 0.000000309. The first-order valence-electron chi connectivity index (χ1n) is 16.1. The standard InChI is InChI=1S/C27H23N2O.C13H24O2.Ir/c1-27(2,3)23-16-20(15-18-7-5-6-8-21(18)23)24-17-19(10-13-29(24)4)26-22-11-14-30-25(22)9-12-28-26;1-5-10(6-2)12(14)9-13(15)11(7-3)8-4;/h5-14,16-17H,4H2,1-3H3;9-11,14H,5-8H2,1-4H3;/q-1;;/b;12-9-;. The summed E-state index contributed by atoms with van der Waals surface area (Å²) in [6, 6.07) is 22.3. The minimum absolute atomic E-state index is 0. The second-order valence-corrected chi connectivity index (χ2v) is 12.7. The van der Waals surface area contributed by atoms with Gasteiger partial charge in [-0.1, -0.05) is 77.6 Å². The normalized spacial score (nSPS) is 11.9. The Bertz CT molecular complexity index is 1790. The maximum Gasteiger partial charge on any atom is 0.162 e. The number of fused-ring (bicyclic) bond motifs is 2. The molecule has 0 saturated heterocycles. The molecule has 46 heavy (non-hydrogen) atoms. The smallest absolute Gasteiger partial charge is 0.162 e. The van der Waals surface area contributed by atoms with E-state index in [1.54, 1.807) is 12.5 Å². The van der Waals surface area contributed by atoms with E-state index in [1.807, 2.05) is 56.7 Å². The number of furan rings is 1. The van der Waals surface area contributed by atoms with Gasteiger partial charge in [-0.15, -0.1) is 29.1 Å². The zero-order valence-electron chi connectivity index (χ0n) is 28.2. The van der Waals surface area contributed by atoms with Gasteiger partial charge in [0, 0.05) is 56.6 Å². The summed E-state index contributed by atoms with van der Waals surface area (Å²) in [6.45, 7) is 14.8. The molecule has 3 heterocycles. The van der Waals surface area contributed by atoms with Crippen LogP contribution in [0.2, 0.25) is 0 Å². The summed E-state index contributed by atoms with van der Waals surface area (Å²) in [7, 11) is 4.21. The number of ketones is 1. The average Bonchev–Trinajstić information content (AvgIpc) is 3.51. The molecule has 5 rings (SSSR count). The van der Waals surface area contributed by atoms with Crippen molar-refractivity contribution < 1.29 is 39.0 Å². The number of aromatic nitrogens is 2. The Kier molecular flexibility index (Phi) is 12.9. The van der Waals surface area contributed by atoms with Crippen molar-refractivity contribution in [3.63, 3.8) is 0 Å². The van der Waals surface area contributed by atoms with Crippen LogP contribution in [-0.2, 0) is 30.3 Å². The Morgan fingerprint density at radius 2 is 1.65 bits per heavy atom. The molecule has 0 atom stereocenters. The number of aliphatic hydroxyl groups is 1. The van der Waals surface area contributed by atoms with E-state index in [0.717, 1.165) is 64.6 Å². The molecule has 1 N–H and O–H groups in total. The molecule has 0 aliphatic carbocycles. The number of benzene rings is 2. The van der Waals surface area contributed by atoms with Crippen LogP contribution in [0.15, 0.2) is 89.5 Å². The summed E-state index contributed by atoms with van der Waals surface area (Å²) >= 11 is 0. The molecule has 0 amide bonds. The van der Waals surface area contributed by atoms with Gasteiger partial charge in [0.1, 0.15) is 11.3 Å². The molecule has 0 fully saturated rings. The minimum atomic E-state index is 0. The number of rotatable bonds is 9. The number of pyridine rings is 2. The Morgan fingerprint density at radius 1 is 0.978 bits per heavy atom. The molecule has 0 aliphatic rings. The first-order chi connectivity index (χ1) is 21.5. The molecule has 245 valence electrons. The van der Waals surface area contributed by atoms with E-state index >= 15 is 0 Å². The van der Waals surface area contributed by atoms with Gasteiger partial charge in [0.05, 0.1) is 23.9 Å². The van der Waals surface area contributed by atoms with Crippen molar-refractivity contribution in [1.82, 2.24) is 4.98 Å². The van der Waals surface area contributed by atoms with E-state index in [1.165, 1.54) is 17.0 Å². The maximum absolute atomic E-state index is 11.7. The van der Waals surface area contributed by atoms with Crippen LogP contribution in [0.1, 0.15) is 79.7 Å². The van der Waals surface area contributed by atoms with Gasteiger partial charge in [0.2, 0.25) is 0 Å². The summed E-state index contributed by atoms with van der Waals surface area (Å²) in [5, 5.41) is 13.1. The molecular formula is C40H47IrN2O3-. The van der Waals surface area contributed by atoms with Crippen LogP contribution >= 0.6 is 0 Å². The molecule has 0 saturated carbocycles. The number of allylic oxidation sites excluding steroid dienone is 2. The summed E-state index contributed by atoms with van der Waals surface area (Å²) in [4.78, 5) is 16.3. The molecule has 6 heteroatoms. The zero-order valence-corrected chi connectivity index (χ0v) is 30.6. The van der Waals surface area contributed by atoms with E-state index in [4.69, 9.17) is 4.42 Å². The van der Waals surface area contributed by atoms with Gasteiger partial charge < -0.3 is 14.1 Å². The molecule has 0 bridgehead atoms. The summed E-state index contributed by atoms with van der Waals surface area (Å²) in [5.74, 6) is 0.547. The molecule has 0 unspecified atom stereocenters. The van der Waals surface area contributed by atoms with Gasteiger partial charge in [-0.2, -0.15) is 0 Å². The predicted octanol–water partition coefficient (Wildman–Crippen LogP) is 10.2. The van der Waals surface area contributed by atoms with Gasteiger partial charge in [0.15, 0.2) is 5.78 Å². The van der Waals surface area contributed by atoms with Crippen molar-refractivity contribution in [2.75, 3.05) is 0 Å². The van der Waals surface area contributed by atoms with Crippen LogP contribution in [0.5, 0.6) is 0 Å². The fraction of sp³-hybridized carbons (Fsp3) is 0.350. The monoisotopic (exact) mass is 796 g/mol. The van der Waals surface area contributed by atoms with Crippen LogP contribution in [-0.4, -0.2) is 15.9 Å². The third-order valence-corrected chi connectivity index (χ3v) is 8.63. The number of carbonyl (C=O) groups excluding carboxylic acids is 1. The average molecular weight is 796 g/mol. The number of carbonyl (C=O) groups is 1.